The predicted octanol–water partition coefficient (Wildman–Crippen LogP) is 5.32. The number of para-hydroxylation sites is 2. The van der Waals surface area contributed by atoms with Crippen LogP contribution in [-0.4, -0.2) is 0 Å². The molecule has 0 atom stereocenters. The summed E-state index contributed by atoms with van der Waals surface area (Å²) >= 11 is 0. The zero-order valence-corrected chi connectivity index (χ0v) is 15.9. The Morgan fingerprint density at radius 1 is 0.645 bits per heavy atom. The fourth-order valence-corrected chi connectivity index (χ4v) is 4.26. The topological polar surface area (TPSA) is 69.7 Å². The van der Waals surface area contributed by atoms with Gasteiger partial charge in [-0.25, -0.2) is 14.0 Å². The lowest BCUT2D eigenvalue weighted by Crippen LogP contribution is -2.26. The highest BCUT2D eigenvalue weighted by Crippen LogP contribution is 2.49. The number of benzene rings is 3. The molecular weight excluding hydrogens is 399 g/mol. The van der Waals surface area contributed by atoms with Crippen molar-refractivity contribution < 1.29 is 18.0 Å². The fraction of sp³-hybridized carbons (Fsp3) is 0.0400. The monoisotopic (exact) mass is 412 g/mol. The van der Waals surface area contributed by atoms with Crippen molar-refractivity contribution >= 4 is 21.9 Å². The van der Waals surface area contributed by atoms with Gasteiger partial charge in [-0.2, -0.15) is 0 Å². The molecule has 3 aromatic carbocycles. The van der Waals surface area contributed by atoms with Crippen LogP contribution in [0.25, 0.3) is 21.9 Å². The summed E-state index contributed by atoms with van der Waals surface area (Å²) in [7, 11) is 0. The van der Waals surface area contributed by atoms with E-state index in [-0.39, 0.29) is 28.2 Å². The third kappa shape index (κ3) is 2.48. The Kier molecular flexibility index (Phi) is 3.65. The Hall–Kier alpha value is -4.19. The Labute approximate surface area is 173 Å². The summed E-state index contributed by atoms with van der Waals surface area (Å²) in [6, 6.07) is 19.9. The third-order valence-corrected chi connectivity index (χ3v) is 5.60. The maximum Gasteiger partial charge on any atom is 0.344 e. The smallest absolute Gasteiger partial charge is 0.344 e. The molecule has 0 unspecified atom stereocenters. The van der Waals surface area contributed by atoms with Crippen LogP contribution in [0.1, 0.15) is 22.6 Å². The molecule has 0 saturated carbocycles. The van der Waals surface area contributed by atoms with Gasteiger partial charge >= 0.3 is 11.3 Å². The van der Waals surface area contributed by atoms with Crippen molar-refractivity contribution in [1.29, 1.82) is 0 Å². The van der Waals surface area contributed by atoms with Gasteiger partial charge in [-0.1, -0.05) is 42.5 Å². The molecule has 0 spiro atoms. The summed E-state index contributed by atoms with van der Waals surface area (Å²) in [4.78, 5) is 26.1. The zero-order chi connectivity index (χ0) is 21.1. The van der Waals surface area contributed by atoms with E-state index in [1.54, 1.807) is 66.7 Å². The SMILES string of the molecule is O=c1oc2ccccc2c2c1C(c1ccccc1F)c1c(c3ccccc3oc1=O)O2. The number of fused-ring (bicyclic) bond motifs is 6. The van der Waals surface area contributed by atoms with Crippen molar-refractivity contribution in [3.05, 3.63) is 116 Å². The van der Waals surface area contributed by atoms with Crippen LogP contribution in [0.2, 0.25) is 0 Å². The molecule has 0 fully saturated rings. The highest BCUT2D eigenvalue weighted by molar-refractivity contribution is 5.90. The third-order valence-electron chi connectivity index (χ3n) is 5.60. The van der Waals surface area contributed by atoms with Crippen molar-refractivity contribution in [3.63, 3.8) is 0 Å². The maximum atomic E-state index is 14.9. The first-order valence-corrected chi connectivity index (χ1v) is 9.67. The minimum Gasteiger partial charge on any atom is -0.455 e. The molecule has 0 N–H and O–H groups in total. The first-order chi connectivity index (χ1) is 15.1. The normalized spacial score (nSPS) is 13.1. The van der Waals surface area contributed by atoms with Gasteiger partial charge in [0.05, 0.1) is 27.8 Å². The quantitative estimate of drug-likeness (QED) is 0.342. The molecule has 5 aromatic rings. The Morgan fingerprint density at radius 3 is 1.68 bits per heavy atom. The van der Waals surface area contributed by atoms with E-state index in [1.165, 1.54) is 6.07 Å². The van der Waals surface area contributed by atoms with Gasteiger partial charge in [-0.3, -0.25) is 0 Å². The van der Waals surface area contributed by atoms with E-state index in [0.717, 1.165) is 0 Å². The molecule has 0 amide bonds. The number of rotatable bonds is 1. The molecule has 0 bridgehead atoms. The van der Waals surface area contributed by atoms with Crippen molar-refractivity contribution in [2.24, 2.45) is 0 Å². The standard InChI is InChI=1S/C25H13FO5/c26-16-10-4-1-7-13(16)19-20-22(14-8-2-5-11-17(14)29-24(20)27)31-23-15-9-3-6-12-18(15)30-25(28)21(19)23/h1-12,19H. The molecule has 1 aliphatic heterocycles. The van der Waals surface area contributed by atoms with Crippen molar-refractivity contribution in [3.8, 4) is 11.5 Å². The van der Waals surface area contributed by atoms with E-state index in [9.17, 15) is 14.0 Å². The van der Waals surface area contributed by atoms with Crippen LogP contribution in [-0.2, 0) is 0 Å². The number of ether oxygens (including phenoxy) is 1. The molecule has 0 saturated heterocycles. The second kappa shape index (κ2) is 6.40. The number of halogens is 1. The van der Waals surface area contributed by atoms with Crippen molar-refractivity contribution in [1.82, 2.24) is 0 Å². The summed E-state index contributed by atoms with van der Waals surface area (Å²) in [6.45, 7) is 0. The zero-order valence-electron chi connectivity index (χ0n) is 15.9. The van der Waals surface area contributed by atoms with Crippen LogP contribution in [0.3, 0.4) is 0 Å². The first-order valence-electron chi connectivity index (χ1n) is 9.67. The minimum atomic E-state index is -1.04. The van der Waals surface area contributed by atoms with Gasteiger partial charge in [0.2, 0.25) is 0 Å². The van der Waals surface area contributed by atoms with E-state index in [1.807, 2.05) is 0 Å². The van der Waals surface area contributed by atoms with Gasteiger partial charge in [0, 0.05) is 5.56 Å². The van der Waals surface area contributed by atoms with Gasteiger partial charge in [0.1, 0.15) is 28.5 Å². The second-order valence-corrected chi connectivity index (χ2v) is 7.31. The molecule has 6 heteroatoms. The molecule has 1 aliphatic rings. The second-order valence-electron chi connectivity index (χ2n) is 7.31. The lowest BCUT2D eigenvalue weighted by molar-refractivity contribution is 0.426. The molecule has 0 radical (unpaired) electrons. The van der Waals surface area contributed by atoms with Crippen LogP contribution in [0, 0.1) is 5.82 Å². The molecule has 31 heavy (non-hydrogen) atoms. The molecule has 5 nitrogen and oxygen atoms in total. The predicted molar refractivity (Wildman–Crippen MR) is 112 cm³/mol. The van der Waals surface area contributed by atoms with Gasteiger partial charge in [-0.05, 0) is 30.3 Å². The summed E-state index contributed by atoms with van der Waals surface area (Å²) in [5.74, 6) is -1.08. The maximum absolute atomic E-state index is 14.9. The lowest BCUT2D eigenvalue weighted by Gasteiger charge is -2.28. The highest BCUT2D eigenvalue weighted by atomic mass is 19.1. The molecule has 6 rings (SSSR count). The van der Waals surface area contributed by atoms with E-state index in [4.69, 9.17) is 13.6 Å². The summed E-state index contributed by atoms with van der Waals surface area (Å²) in [5, 5.41) is 1.11. The van der Waals surface area contributed by atoms with E-state index in [0.29, 0.717) is 21.9 Å². The van der Waals surface area contributed by atoms with Crippen LogP contribution in [0.4, 0.5) is 4.39 Å². The van der Waals surface area contributed by atoms with Gasteiger partial charge in [-0.15, -0.1) is 0 Å². The molecule has 150 valence electrons. The van der Waals surface area contributed by atoms with Crippen molar-refractivity contribution in [2.45, 2.75) is 5.92 Å². The van der Waals surface area contributed by atoms with Crippen molar-refractivity contribution in [2.75, 3.05) is 0 Å². The average Bonchev–Trinajstić information content (AvgIpc) is 2.78. The molecule has 2 aromatic heterocycles. The van der Waals surface area contributed by atoms with Gasteiger partial charge in [0.25, 0.3) is 0 Å². The molecular formula is C25H13FO5. The Bertz CT molecular complexity index is 1530. The van der Waals surface area contributed by atoms with Crippen LogP contribution in [0.15, 0.2) is 91.2 Å². The minimum absolute atomic E-state index is 0.0684. The summed E-state index contributed by atoms with van der Waals surface area (Å²) in [6.07, 6.45) is 0. The average molecular weight is 412 g/mol. The molecule has 3 heterocycles. The van der Waals surface area contributed by atoms with E-state index < -0.39 is 23.0 Å². The first kappa shape index (κ1) is 17.7. The van der Waals surface area contributed by atoms with Gasteiger partial charge < -0.3 is 13.6 Å². The van der Waals surface area contributed by atoms with E-state index >= 15 is 0 Å². The summed E-state index contributed by atoms with van der Waals surface area (Å²) in [5.41, 5.74) is -0.403. The molecule has 0 aliphatic carbocycles. The van der Waals surface area contributed by atoms with Crippen LogP contribution < -0.4 is 16.0 Å². The van der Waals surface area contributed by atoms with E-state index in [2.05, 4.69) is 0 Å². The van der Waals surface area contributed by atoms with Crippen LogP contribution >= 0.6 is 0 Å². The van der Waals surface area contributed by atoms with Crippen LogP contribution in [0.5, 0.6) is 11.5 Å². The number of hydrogen-bond donors (Lipinski definition) is 0. The Balaban J connectivity index is 1.82. The van der Waals surface area contributed by atoms with Gasteiger partial charge in [0.15, 0.2) is 0 Å². The summed E-state index contributed by atoms with van der Waals surface area (Å²) < 4.78 is 32.2. The fourth-order valence-electron chi connectivity index (χ4n) is 4.26. The Morgan fingerprint density at radius 2 is 1.13 bits per heavy atom. The largest absolute Gasteiger partial charge is 0.455 e. The number of hydrogen-bond acceptors (Lipinski definition) is 5. The highest BCUT2D eigenvalue weighted by Gasteiger charge is 2.39. The lowest BCUT2D eigenvalue weighted by atomic mass is 9.83.